The molecule has 0 aromatic carbocycles. The molecular weight excluding hydrogens is 198 g/mol. The van der Waals surface area contributed by atoms with E-state index in [1.165, 1.54) is 4.90 Å². The zero-order chi connectivity index (χ0) is 11.8. The molecule has 5 nitrogen and oxygen atoms in total. The van der Waals surface area contributed by atoms with Crippen molar-refractivity contribution >= 4 is 11.9 Å². The summed E-state index contributed by atoms with van der Waals surface area (Å²) < 4.78 is 9.84. The Morgan fingerprint density at radius 2 is 1.93 bits per heavy atom. The maximum Gasteiger partial charge on any atom is 0.325 e. The first-order valence-corrected chi connectivity index (χ1v) is 4.98. The lowest BCUT2D eigenvalue weighted by Gasteiger charge is -2.16. The fourth-order valence-corrected chi connectivity index (χ4v) is 0.837. The molecule has 0 atom stereocenters. The predicted molar refractivity (Wildman–Crippen MR) is 55.4 cm³/mol. The lowest BCUT2D eigenvalue weighted by molar-refractivity contribution is -0.149. The van der Waals surface area contributed by atoms with Crippen LogP contribution in [0.15, 0.2) is 0 Å². The summed E-state index contributed by atoms with van der Waals surface area (Å²) in [5, 5.41) is 0. The first-order chi connectivity index (χ1) is 6.97. The second-order valence-corrected chi connectivity index (χ2v) is 3.41. The summed E-state index contributed by atoms with van der Waals surface area (Å²) in [5.74, 6) is -0.630. The number of carbonyl (C=O) groups excluding carboxylic acids is 2. The third-order valence-electron chi connectivity index (χ3n) is 1.64. The van der Waals surface area contributed by atoms with Crippen molar-refractivity contribution in [2.24, 2.45) is 0 Å². The van der Waals surface area contributed by atoms with E-state index >= 15 is 0 Å². The molecule has 5 heteroatoms. The van der Waals surface area contributed by atoms with E-state index < -0.39 is 5.97 Å². The molecule has 0 unspecified atom stereocenters. The van der Waals surface area contributed by atoms with Gasteiger partial charge in [-0.3, -0.25) is 9.59 Å². The number of ether oxygens (including phenoxy) is 2. The minimum atomic E-state index is -0.405. The predicted octanol–water partition coefficient (Wildman–Crippen LogP) is 0.433. The van der Waals surface area contributed by atoms with Gasteiger partial charge in [-0.25, -0.2) is 0 Å². The van der Waals surface area contributed by atoms with E-state index in [1.54, 1.807) is 14.0 Å². The summed E-state index contributed by atoms with van der Waals surface area (Å²) in [5.41, 5.74) is 0. The summed E-state index contributed by atoms with van der Waals surface area (Å²) in [6.45, 7) is 5.70. The number of rotatable bonds is 6. The van der Waals surface area contributed by atoms with Crippen molar-refractivity contribution in [3.05, 3.63) is 0 Å². The molecule has 0 radical (unpaired) electrons. The topological polar surface area (TPSA) is 55.8 Å². The fourth-order valence-electron chi connectivity index (χ4n) is 0.837. The highest BCUT2D eigenvalue weighted by molar-refractivity contribution is 5.82. The van der Waals surface area contributed by atoms with Gasteiger partial charge in [0.25, 0.3) is 0 Å². The summed E-state index contributed by atoms with van der Waals surface area (Å²) in [6, 6.07) is 0. The van der Waals surface area contributed by atoms with E-state index in [1.807, 2.05) is 13.8 Å². The minimum Gasteiger partial charge on any atom is -0.465 e. The van der Waals surface area contributed by atoms with Crippen LogP contribution in [0.25, 0.3) is 0 Å². The van der Waals surface area contributed by atoms with Crippen LogP contribution in [0.5, 0.6) is 0 Å². The molecule has 0 rings (SSSR count). The van der Waals surface area contributed by atoms with Crippen molar-refractivity contribution in [2.45, 2.75) is 26.9 Å². The highest BCUT2D eigenvalue weighted by Gasteiger charge is 2.13. The highest BCUT2D eigenvalue weighted by atomic mass is 16.5. The van der Waals surface area contributed by atoms with Crippen LogP contribution in [0.3, 0.4) is 0 Å². The molecule has 0 spiro atoms. The average molecular weight is 217 g/mol. The second-order valence-electron chi connectivity index (χ2n) is 3.41. The van der Waals surface area contributed by atoms with E-state index in [-0.39, 0.29) is 25.2 Å². The Morgan fingerprint density at radius 3 is 2.40 bits per heavy atom. The Morgan fingerprint density at radius 1 is 1.33 bits per heavy atom. The van der Waals surface area contributed by atoms with Gasteiger partial charge in [-0.15, -0.1) is 0 Å². The lowest BCUT2D eigenvalue weighted by Crippen LogP contribution is -2.36. The van der Waals surface area contributed by atoms with Crippen LogP contribution in [0.4, 0.5) is 0 Å². The van der Waals surface area contributed by atoms with Crippen LogP contribution in [0, 0.1) is 0 Å². The molecule has 1 amide bonds. The molecule has 15 heavy (non-hydrogen) atoms. The maximum atomic E-state index is 11.4. The number of likely N-dealkylation sites (N-methyl/N-ethyl adjacent to an activating group) is 1. The van der Waals surface area contributed by atoms with Crippen molar-refractivity contribution in [2.75, 3.05) is 26.8 Å². The normalized spacial score (nSPS) is 10.2. The molecule has 0 aromatic heterocycles. The van der Waals surface area contributed by atoms with Gasteiger partial charge in [-0.1, -0.05) is 0 Å². The highest BCUT2D eigenvalue weighted by Crippen LogP contribution is 1.92. The first-order valence-electron chi connectivity index (χ1n) is 4.98. The largest absolute Gasteiger partial charge is 0.465 e. The number of hydrogen-bond acceptors (Lipinski definition) is 4. The van der Waals surface area contributed by atoms with Gasteiger partial charge < -0.3 is 14.4 Å². The van der Waals surface area contributed by atoms with Crippen LogP contribution in [0.1, 0.15) is 20.8 Å². The summed E-state index contributed by atoms with van der Waals surface area (Å²) >= 11 is 0. The Bertz CT molecular complexity index is 215. The Hall–Kier alpha value is -1.10. The van der Waals surface area contributed by atoms with Crippen molar-refractivity contribution < 1.29 is 19.1 Å². The molecule has 0 saturated heterocycles. The van der Waals surface area contributed by atoms with Crippen LogP contribution in [-0.4, -0.2) is 49.7 Å². The van der Waals surface area contributed by atoms with Gasteiger partial charge in [-0.05, 0) is 20.8 Å². The molecule has 0 aliphatic carbocycles. The third-order valence-corrected chi connectivity index (χ3v) is 1.64. The molecule has 0 saturated carbocycles. The van der Waals surface area contributed by atoms with Gasteiger partial charge in [0.1, 0.15) is 13.2 Å². The van der Waals surface area contributed by atoms with Crippen molar-refractivity contribution in [3.8, 4) is 0 Å². The van der Waals surface area contributed by atoms with Crippen molar-refractivity contribution in [1.29, 1.82) is 0 Å². The summed E-state index contributed by atoms with van der Waals surface area (Å²) in [6.07, 6.45) is 0.00458. The second kappa shape index (κ2) is 7.23. The Balaban J connectivity index is 3.83. The zero-order valence-electron chi connectivity index (χ0n) is 9.78. The van der Waals surface area contributed by atoms with Gasteiger partial charge in [0, 0.05) is 7.05 Å². The number of hydrogen-bond donors (Lipinski definition) is 0. The maximum absolute atomic E-state index is 11.4. The van der Waals surface area contributed by atoms with Gasteiger partial charge >= 0.3 is 5.97 Å². The van der Waals surface area contributed by atoms with Gasteiger partial charge in [0.2, 0.25) is 5.91 Å². The number of nitrogens with zero attached hydrogens (tertiary/aromatic N) is 1. The van der Waals surface area contributed by atoms with E-state index in [2.05, 4.69) is 0 Å². The lowest BCUT2D eigenvalue weighted by atomic mass is 10.4. The molecule has 0 heterocycles. The summed E-state index contributed by atoms with van der Waals surface area (Å²) in [7, 11) is 1.54. The summed E-state index contributed by atoms with van der Waals surface area (Å²) in [4.78, 5) is 23.7. The molecule has 0 aliphatic rings. The fraction of sp³-hybridized carbons (Fsp3) is 0.800. The number of amides is 1. The monoisotopic (exact) mass is 217 g/mol. The Labute approximate surface area is 90.3 Å². The number of carbonyl (C=O) groups is 2. The smallest absolute Gasteiger partial charge is 0.325 e. The van der Waals surface area contributed by atoms with E-state index in [0.29, 0.717) is 6.61 Å². The van der Waals surface area contributed by atoms with Crippen LogP contribution >= 0.6 is 0 Å². The average Bonchev–Trinajstić information content (AvgIpc) is 2.14. The third kappa shape index (κ3) is 6.90. The van der Waals surface area contributed by atoms with Crippen molar-refractivity contribution in [1.82, 2.24) is 4.90 Å². The number of esters is 1. The van der Waals surface area contributed by atoms with E-state index in [9.17, 15) is 9.59 Å². The first kappa shape index (κ1) is 13.9. The quantitative estimate of drug-likeness (QED) is 0.605. The SMILES string of the molecule is CCOC(=O)CN(C)C(=O)COC(C)C. The minimum absolute atomic E-state index is 0.00458. The van der Waals surface area contributed by atoms with Crippen molar-refractivity contribution in [3.63, 3.8) is 0 Å². The van der Waals surface area contributed by atoms with E-state index in [0.717, 1.165) is 0 Å². The molecule has 0 bridgehead atoms. The standard InChI is InChI=1S/C10H19NO4/c1-5-14-10(13)6-11(4)9(12)7-15-8(2)3/h8H,5-7H2,1-4H3. The van der Waals surface area contributed by atoms with Gasteiger partial charge in [0.15, 0.2) is 0 Å². The van der Waals surface area contributed by atoms with Crippen LogP contribution < -0.4 is 0 Å². The molecule has 0 N–H and O–H groups in total. The van der Waals surface area contributed by atoms with E-state index in [4.69, 9.17) is 9.47 Å². The molecule has 0 fully saturated rings. The van der Waals surface area contributed by atoms with Gasteiger partial charge in [0.05, 0.1) is 12.7 Å². The molecular formula is C10H19NO4. The van der Waals surface area contributed by atoms with Gasteiger partial charge in [-0.2, -0.15) is 0 Å². The molecule has 0 aromatic rings. The molecule has 88 valence electrons. The van der Waals surface area contributed by atoms with Crippen LogP contribution in [-0.2, 0) is 19.1 Å². The molecule has 0 aliphatic heterocycles. The van der Waals surface area contributed by atoms with Crippen LogP contribution in [0.2, 0.25) is 0 Å². The zero-order valence-corrected chi connectivity index (χ0v) is 9.78. The Kier molecular flexibility index (Phi) is 6.70.